The number of aryl methyl sites for hydroxylation is 1. The number of benzene rings is 1. The molecule has 0 amide bonds. The Morgan fingerprint density at radius 1 is 1.45 bits per heavy atom. The highest BCUT2D eigenvalue weighted by Crippen LogP contribution is 2.17. The summed E-state index contributed by atoms with van der Waals surface area (Å²) >= 11 is 0. The van der Waals surface area contributed by atoms with E-state index in [1.165, 1.54) is 0 Å². The molecule has 0 radical (unpaired) electrons. The second-order valence-electron chi connectivity index (χ2n) is 5.33. The Hall–Kier alpha value is -2.74. The number of aromatic nitrogens is 2. The number of anilines is 1. The molecule has 0 bridgehead atoms. The minimum absolute atomic E-state index is 0.192. The van der Waals surface area contributed by atoms with Crippen molar-refractivity contribution in [3.05, 3.63) is 53.9 Å². The van der Waals surface area contributed by atoms with Gasteiger partial charge >= 0.3 is 0 Å². The number of hydrogen-bond donors (Lipinski definition) is 1. The van der Waals surface area contributed by atoms with Gasteiger partial charge in [0.05, 0.1) is 30.1 Å². The van der Waals surface area contributed by atoms with E-state index in [4.69, 9.17) is 10.00 Å². The molecule has 1 unspecified atom stereocenters. The predicted molar refractivity (Wildman–Crippen MR) is 84.8 cm³/mol. The average Bonchev–Trinajstić information content (AvgIpc) is 2.95. The van der Waals surface area contributed by atoms with Crippen LogP contribution in [0.25, 0.3) is 5.69 Å². The van der Waals surface area contributed by atoms with Crippen LogP contribution in [0.3, 0.4) is 0 Å². The first kappa shape index (κ1) is 14.2. The molecular weight excluding hydrogens is 276 g/mol. The topological polar surface area (TPSA) is 62.9 Å². The molecule has 3 rings (SSSR count). The van der Waals surface area contributed by atoms with Crippen molar-refractivity contribution in [2.24, 2.45) is 0 Å². The SMILES string of the molecule is Cc1cc(NCC2CCC=CO2)nn1-c1cccc(C#N)c1. The molecule has 1 N–H and O–H groups in total. The molecular formula is C17H18N4O. The van der Waals surface area contributed by atoms with Gasteiger partial charge in [-0.2, -0.15) is 10.4 Å². The number of ether oxygens (including phenoxy) is 1. The second-order valence-corrected chi connectivity index (χ2v) is 5.33. The first-order chi connectivity index (χ1) is 10.8. The summed E-state index contributed by atoms with van der Waals surface area (Å²) in [4.78, 5) is 0. The van der Waals surface area contributed by atoms with Crippen molar-refractivity contribution >= 4 is 5.82 Å². The van der Waals surface area contributed by atoms with Crippen molar-refractivity contribution in [3.8, 4) is 11.8 Å². The van der Waals surface area contributed by atoms with Crippen LogP contribution in [0.5, 0.6) is 0 Å². The summed E-state index contributed by atoms with van der Waals surface area (Å²) in [6.07, 6.45) is 6.08. The minimum Gasteiger partial charge on any atom is -0.497 e. The predicted octanol–water partition coefficient (Wildman–Crippen LogP) is 3.16. The zero-order valence-corrected chi connectivity index (χ0v) is 12.5. The molecule has 5 nitrogen and oxygen atoms in total. The van der Waals surface area contributed by atoms with E-state index in [0.29, 0.717) is 5.56 Å². The summed E-state index contributed by atoms with van der Waals surface area (Å²) in [7, 11) is 0. The second kappa shape index (κ2) is 6.35. The fraction of sp³-hybridized carbons (Fsp3) is 0.294. The molecule has 0 saturated heterocycles. The zero-order valence-electron chi connectivity index (χ0n) is 12.5. The monoisotopic (exact) mass is 294 g/mol. The van der Waals surface area contributed by atoms with Crippen LogP contribution in [0.1, 0.15) is 24.1 Å². The third-order valence-corrected chi connectivity index (χ3v) is 3.64. The van der Waals surface area contributed by atoms with Crippen molar-refractivity contribution in [1.29, 1.82) is 5.26 Å². The number of allylic oxidation sites excluding steroid dienone is 1. The lowest BCUT2D eigenvalue weighted by Gasteiger charge is -2.19. The molecule has 0 saturated carbocycles. The Balaban J connectivity index is 1.73. The summed E-state index contributed by atoms with van der Waals surface area (Å²) in [6, 6.07) is 11.6. The smallest absolute Gasteiger partial charge is 0.148 e. The van der Waals surface area contributed by atoms with E-state index in [2.05, 4.69) is 16.5 Å². The molecule has 1 aliphatic heterocycles. The molecule has 1 aromatic heterocycles. The average molecular weight is 294 g/mol. The molecule has 112 valence electrons. The van der Waals surface area contributed by atoms with Gasteiger partial charge in [-0.3, -0.25) is 0 Å². The van der Waals surface area contributed by atoms with E-state index in [1.807, 2.05) is 41.9 Å². The molecule has 22 heavy (non-hydrogen) atoms. The summed E-state index contributed by atoms with van der Waals surface area (Å²) in [5.74, 6) is 0.818. The van der Waals surface area contributed by atoms with Crippen molar-refractivity contribution in [3.63, 3.8) is 0 Å². The molecule has 1 atom stereocenters. The van der Waals surface area contributed by atoms with Crippen LogP contribution in [-0.4, -0.2) is 22.4 Å². The Morgan fingerprint density at radius 2 is 2.36 bits per heavy atom. The van der Waals surface area contributed by atoms with E-state index < -0.39 is 0 Å². The molecule has 1 aliphatic rings. The van der Waals surface area contributed by atoms with Crippen molar-refractivity contribution in [1.82, 2.24) is 9.78 Å². The lowest BCUT2D eigenvalue weighted by atomic mass is 10.1. The molecule has 0 fully saturated rings. The first-order valence-electron chi connectivity index (χ1n) is 7.38. The third kappa shape index (κ3) is 3.12. The Kier molecular flexibility index (Phi) is 4.10. The van der Waals surface area contributed by atoms with Gasteiger partial charge in [0.2, 0.25) is 0 Å². The summed E-state index contributed by atoms with van der Waals surface area (Å²) in [5.41, 5.74) is 2.53. The van der Waals surface area contributed by atoms with Crippen LogP contribution >= 0.6 is 0 Å². The van der Waals surface area contributed by atoms with Gasteiger partial charge in [-0.1, -0.05) is 6.07 Å². The quantitative estimate of drug-likeness (QED) is 0.941. The summed E-state index contributed by atoms with van der Waals surface area (Å²) < 4.78 is 7.38. The first-order valence-corrected chi connectivity index (χ1v) is 7.38. The largest absolute Gasteiger partial charge is 0.497 e. The number of rotatable bonds is 4. The fourth-order valence-electron chi connectivity index (χ4n) is 2.48. The van der Waals surface area contributed by atoms with Gasteiger partial charge in [0.25, 0.3) is 0 Å². The van der Waals surface area contributed by atoms with E-state index in [1.54, 1.807) is 12.3 Å². The van der Waals surface area contributed by atoms with Crippen LogP contribution in [-0.2, 0) is 4.74 Å². The highest BCUT2D eigenvalue weighted by molar-refractivity contribution is 5.45. The lowest BCUT2D eigenvalue weighted by Crippen LogP contribution is -2.23. The van der Waals surface area contributed by atoms with Crippen molar-refractivity contribution in [2.75, 3.05) is 11.9 Å². The molecule has 2 aromatic rings. The summed E-state index contributed by atoms with van der Waals surface area (Å²) in [5, 5.41) is 16.9. The van der Waals surface area contributed by atoms with Gasteiger partial charge < -0.3 is 10.1 Å². The lowest BCUT2D eigenvalue weighted by molar-refractivity contribution is 0.135. The van der Waals surface area contributed by atoms with Crippen LogP contribution < -0.4 is 5.32 Å². The Morgan fingerprint density at radius 3 is 3.14 bits per heavy atom. The molecule has 5 heteroatoms. The number of hydrogen-bond acceptors (Lipinski definition) is 4. The van der Waals surface area contributed by atoms with Gasteiger partial charge in [-0.05, 0) is 44.0 Å². The van der Waals surface area contributed by atoms with Crippen LogP contribution in [0.2, 0.25) is 0 Å². The highest BCUT2D eigenvalue weighted by Gasteiger charge is 2.12. The number of nitrogens with one attached hydrogen (secondary N) is 1. The maximum absolute atomic E-state index is 9.00. The maximum Gasteiger partial charge on any atom is 0.148 e. The van der Waals surface area contributed by atoms with Gasteiger partial charge in [-0.25, -0.2) is 4.68 Å². The Bertz CT molecular complexity index is 727. The zero-order chi connectivity index (χ0) is 15.4. The maximum atomic E-state index is 9.00. The Labute approximate surface area is 129 Å². The van der Waals surface area contributed by atoms with E-state index in [0.717, 1.165) is 36.6 Å². The van der Waals surface area contributed by atoms with Crippen LogP contribution in [0.4, 0.5) is 5.82 Å². The standard InChI is InChI=1S/C17H18N4O/c1-13-9-17(19-12-16-7-2-3-8-22-16)20-21(13)15-6-4-5-14(10-15)11-18/h3-6,8-10,16H,2,7,12H2,1H3,(H,19,20). The van der Waals surface area contributed by atoms with Gasteiger partial charge in [0, 0.05) is 11.8 Å². The molecule has 0 aliphatic carbocycles. The van der Waals surface area contributed by atoms with E-state index in [-0.39, 0.29) is 6.10 Å². The van der Waals surface area contributed by atoms with Gasteiger partial charge in [0.15, 0.2) is 0 Å². The highest BCUT2D eigenvalue weighted by atomic mass is 16.5. The number of nitriles is 1. The normalized spacial score (nSPS) is 16.8. The third-order valence-electron chi connectivity index (χ3n) is 3.64. The van der Waals surface area contributed by atoms with Crippen LogP contribution in [0, 0.1) is 18.3 Å². The molecule has 1 aromatic carbocycles. The van der Waals surface area contributed by atoms with Crippen molar-refractivity contribution in [2.45, 2.75) is 25.9 Å². The summed E-state index contributed by atoms with van der Waals surface area (Å²) in [6.45, 7) is 2.73. The van der Waals surface area contributed by atoms with Crippen LogP contribution in [0.15, 0.2) is 42.7 Å². The molecule has 0 spiro atoms. The fourth-order valence-corrected chi connectivity index (χ4v) is 2.48. The van der Waals surface area contributed by atoms with Crippen molar-refractivity contribution < 1.29 is 4.74 Å². The minimum atomic E-state index is 0.192. The van der Waals surface area contributed by atoms with E-state index in [9.17, 15) is 0 Å². The van der Waals surface area contributed by atoms with E-state index >= 15 is 0 Å². The number of nitrogens with zero attached hydrogens (tertiary/aromatic N) is 3. The van der Waals surface area contributed by atoms with Gasteiger partial charge in [-0.15, -0.1) is 0 Å². The van der Waals surface area contributed by atoms with Gasteiger partial charge in [0.1, 0.15) is 11.9 Å². The molecule has 2 heterocycles.